The largest absolute Gasteiger partial charge is 0.540 e. The van der Waals surface area contributed by atoms with Crippen LogP contribution in [0.3, 0.4) is 0 Å². The molecule has 0 N–H and O–H groups in total. The van der Waals surface area contributed by atoms with Gasteiger partial charge in [-0.05, 0) is 125 Å². The van der Waals surface area contributed by atoms with E-state index in [-0.39, 0.29) is 27.8 Å². The van der Waals surface area contributed by atoms with Crippen molar-refractivity contribution >= 4 is 104 Å². The third-order valence-corrected chi connectivity index (χ3v) is 21.8. The lowest BCUT2D eigenvalue weighted by molar-refractivity contribution is 0.224. The van der Waals surface area contributed by atoms with E-state index in [0.717, 1.165) is 30.4 Å². The monoisotopic (exact) mass is 1250 g/mol. The summed E-state index contributed by atoms with van der Waals surface area (Å²) < 4.78 is 77.1. The van der Waals surface area contributed by atoms with Crippen LogP contribution >= 0.6 is 62.6 Å². The van der Waals surface area contributed by atoms with Gasteiger partial charge in [0.05, 0.1) is 34.0 Å². The fourth-order valence-corrected chi connectivity index (χ4v) is 12.9. The molecule has 0 radical (unpaired) electrons. The van der Waals surface area contributed by atoms with Gasteiger partial charge in [-0.25, -0.2) is 4.74 Å². The normalized spacial score (nSPS) is 12.5. The van der Waals surface area contributed by atoms with E-state index in [4.69, 9.17) is 65.5 Å². The molecule has 6 aromatic carbocycles. The first kappa shape index (κ1) is 64.3. The third kappa shape index (κ3) is 23.3. The fourth-order valence-electron chi connectivity index (χ4n) is 6.23. The molecule has 6 rings (SSSR count). The fraction of sp³-hybridized carbons (Fsp3) is 0.224. The van der Waals surface area contributed by atoms with E-state index in [0.29, 0.717) is 36.0 Å². The summed E-state index contributed by atoms with van der Waals surface area (Å²) in [6.45, 7) is 0.543. The van der Waals surface area contributed by atoms with Crippen molar-refractivity contribution in [1.29, 1.82) is 0 Å². The maximum atomic E-state index is 12.8. The molecule has 410 valence electrons. The number of nitrogens with zero attached hydrogens (tertiary/aromatic N) is 9. The van der Waals surface area contributed by atoms with Crippen molar-refractivity contribution in [3.63, 3.8) is 0 Å². The predicted molar refractivity (Wildman–Crippen MR) is 331 cm³/mol. The minimum Gasteiger partial charge on any atom is -0.472 e. The van der Waals surface area contributed by atoms with Crippen LogP contribution in [0, 0.1) is 0 Å². The highest BCUT2D eigenvalue weighted by Crippen LogP contribution is 2.63. The molecule has 5 atom stereocenters. The zero-order valence-electron chi connectivity index (χ0n) is 43.4. The van der Waals surface area contributed by atoms with E-state index in [9.17, 15) is 9.13 Å². The van der Waals surface area contributed by atoms with Crippen molar-refractivity contribution in [3.05, 3.63) is 185 Å². The van der Waals surface area contributed by atoms with Crippen molar-refractivity contribution in [2.24, 2.45) is 19.8 Å². The molecule has 78 heavy (non-hydrogen) atoms. The lowest BCUT2D eigenvalue weighted by atomic mass is 10.1. The van der Waals surface area contributed by atoms with Gasteiger partial charge in [0.25, 0.3) is 0 Å². The summed E-state index contributed by atoms with van der Waals surface area (Å²) in [6.07, 6.45) is 3.73. The predicted octanol–water partition coefficient (Wildman–Crippen LogP) is 15.2. The second-order valence-electron chi connectivity index (χ2n) is 15.7. The average Bonchev–Trinajstić information content (AvgIpc) is 3.48. The molecule has 0 aromatic heterocycles. The number of hydrogen-bond donors (Lipinski definition) is 0. The van der Waals surface area contributed by atoms with Gasteiger partial charge in [0, 0.05) is 53.6 Å². The van der Waals surface area contributed by atoms with E-state index < -0.39 is 36.8 Å². The Morgan fingerprint density at radius 2 is 1.09 bits per heavy atom. The lowest BCUT2D eigenvalue weighted by Gasteiger charge is -2.27. The SMILES string of the molecule is COP(=O)(CN(CCc1ccc(O[P+](=S)N(C)N=Cc2ccc(OCN=Pc3ccc(O[P+](=S)N(C)N=Cc4ccc(OPP(P)N=[N+]=[N-])cc4)cc3)cc2)cc1)CP(=O)(OC)OC)OC.c1ccc(-c2ccccc2)cc1. The zero-order chi connectivity index (χ0) is 56.2. The maximum absolute atomic E-state index is 12.8. The summed E-state index contributed by atoms with van der Waals surface area (Å²) in [5, 5.41) is 9.86. The van der Waals surface area contributed by atoms with Crippen LogP contribution < -0.4 is 23.6 Å². The molecule has 0 fully saturated rings. The summed E-state index contributed by atoms with van der Waals surface area (Å²) in [5.41, 5.74) is 13.7. The summed E-state index contributed by atoms with van der Waals surface area (Å²) in [7, 11) is 1.25. The minimum atomic E-state index is -3.43. The van der Waals surface area contributed by atoms with Crippen LogP contribution in [-0.2, 0) is 57.3 Å². The zero-order valence-corrected chi connectivity index (χ0v) is 52.5. The number of ether oxygens (including phenoxy) is 1. The van der Waals surface area contributed by atoms with Crippen molar-refractivity contribution in [3.8, 4) is 34.1 Å². The molecule has 19 nitrogen and oxygen atoms in total. The quantitative estimate of drug-likeness (QED) is 0.0103. The minimum absolute atomic E-state index is 0.0576. The molecule has 0 heterocycles. The van der Waals surface area contributed by atoms with Crippen LogP contribution in [0.1, 0.15) is 16.7 Å². The van der Waals surface area contributed by atoms with E-state index in [1.807, 2.05) is 109 Å². The number of benzene rings is 6. The molecule has 0 saturated heterocycles. The highest BCUT2D eigenvalue weighted by Gasteiger charge is 2.32. The molecule has 6 aromatic rings. The smallest absolute Gasteiger partial charge is 0.472 e. The first-order chi connectivity index (χ1) is 37.6. The highest BCUT2D eigenvalue weighted by atomic mass is 32.4. The Labute approximate surface area is 474 Å². The van der Waals surface area contributed by atoms with Gasteiger partial charge < -0.3 is 27.4 Å². The number of azide groups is 1. The Bertz CT molecular complexity index is 2970. The van der Waals surface area contributed by atoms with Crippen LogP contribution in [0.25, 0.3) is 21.6 Å². The Morgan fingerprint density at radius 3 is 1.54 bits per heavy atom. The molecule has 0 spiro atoms. The highest BCUT2D eigenvalue weighted by molar-refractivity contribution is 8.46. The first-order valence-electron chi connectivity index (χ1n) is 23.2. The topological polar surface area (TPSA) is 204 Å². The standard InChI is InChI=1S/C37H49N9O10P8S2.C12H10/c1-44(61(65)55-35-17-7-30(8-18-35)23-24-46(28-63(47,49-3)50-4)29-64(48,51-5)52-6)39-25-31-9-13-33(14-10-31)53-27-41-58-37-21-19-36(20-22-37)56-62(66)45(2)40-26-32-11-15-34(16-12-32)54-59-60(57)43-42-38;1-3-7-11(8-4-1)12-9-5-2-6-10-12/h7-22,25-26,59H,23-24,27-29,57H2,1-6H3;1-10H/q+2;. The van der Waals surface area contributed by atoms with Crippen LogP contribution in [0.5, 0.6) is 23.0 Å². The molecule has 0 bridgehead atoms. The summed E-state index contributed by atoms with van der Waals surface area (Å²) in [5.74, 6) is 2.55. The average molecular weight is 1250 g/mol. The molecule has 0 aliphatic heterocycles. The maximum Gasteiger partial charge on any atom is 0.540 e. The second-order valence-corrected chi connectivity index (χ2v) is 31.8. The van der Waals surface area contributed by atoms with Gasteiger partial charge in [0.15, 0.2) is 18.2 Å². The first-order valence-corrected chi connectivity index (χ1v) is 36.6. The van der Waals surface area contributed by atoms with Gasteiger partial charge in [0.2, 0.25) is 23.6 Å². The Kier molecular flexibility index (Phi) is 28.5. The second kappa shape index (κ2) is 34.6. The van der Waals surface area contributed by atoms with Gasteiger partial charge in [-0.3, -0.25) is 23.1 Å². The van der Waals surface area contributed by atoms with Gasteiger partial charge in [-0.2, -0.15) is 0 Å². The van der Waals surface area contributed by atoms with Crippen LogP contribution in [-0.4, -0.2) is 95.3 Å². The molecule has 0 saturated carbocycles. The number of rotatable bonds is 30. The molecule has 5 unspecified atom stereocenters. The van der Waals surface area contributed by atoms with Gasteiger partial charge in [-0.15, -0.1) is 10.2 Å². The van der Waals surface area contributed by atoms with Gasteiger partial charge >= 0.3 is 29.3 Å². The number of hydrogen-bond acceptors (Lipinski definition) is 17. The van der Waals surface area contributed by atoms with Crippen molar-refractivity contribution < 1.29 is 45.5 Å². The molecular weight excluding hydrogens is 1190 g/mol. The van der Waals surface area contributed by atoms with Crippen molar-refractivity contribution in [2.75, 3.05) is 68.4 Å². The molecule has 0 aliphatic carbocycles. The Hall–Kier alpha value is -4.54. The molecule has 29 heteroatoms. The van der Waals surface area contributed by atoms with Crippen molar-refractivity contribution in [2.45, 2.75) is 6.42 Å². The van der Waals surface area contributed by atoms with E-state index in [2.05, 4.69) is 82.2 Å². The third-order valence-electron chi connectivity index (χ3n) is 10.4. The number of hydrazone groups is 2. The van der Waals surface area contributed by atoms with Crippen LogP contribution in [0.2, 0.25) is 0 Å². The Balaban J connectivity index is 0.000000813. The summed E-state index contributed by atoms with van der Waals surface area (Å²) in [4.78, 5) is 8.11. The Morgan fingerprint density at radius 1 is 0.654 bits per heavy atom. The van der Waals surface area contributed by atoms with Gasteiger partial charge in [0.1, 0.15) is 32.6 Å². The van der Waals surface area contributed by atoms with E-state index >= 15 is 0 Å². The van der Waals surface area contributed by atoms with Crippen LogP contribution in [0.15, 0.2) is 178 Å². The summed E-state index contributed by atoms with van der Waals surface area (Å²) in [6, 6.07) is 50.6. The van der Waals surface area contributed by atoms with Gasteiger partial charge in [-0.1, -0.05) is 96.2 Å². The summed E-state index contributed by atoms with van der Waals surface area (Å²) >= 11 is 11.2. The van der Waals surface area contributed by atoms with E-state index in [1.165, 1.54) is 39.6 Å². The lowest BCUT2D eigenvalue weighted by Crippen LogP contribution is -2.29. The van der Waals surface area contributed by atoms with E-state index in [1.54, 1.807) is 41.0 Å². The van der Waals surface area contributed by atoms with Crippen LogP contribution in [0.4, 0.5) is 0 Å². The molecule has 0 aliphatic rings. The molecule has 0 amide bonds. The van der Waals surface area contributed by atoms with Crippen molar-refractivity contribution in [1.82, 2.24) is 14.5 Å². The molecular formula is C49H59N9O10P8S2+2.